The number of aromatic nitrogens is 2. The van der Waals surface area contributed by atoms with Crippen molar-refractivity contribution in [2.75, 3.05) is 0 Å². The van der Waals surface area contributed by atoms with Crippen molar-refractivity contribution in [1.29, 1.82) is 0 Å². The largest absolute Gasteiger partial charge is 0.392 e. The zero-order valence-corrected chi connectivity index (χ0v) is 23.7. The molecule has 1 N–H and O–H groups in total. The van der Waals surface area contributed by atoms with Crippen LogP contribution in [0.5, 0.6) is 0 Å². The van der Waals surface area contributed by atoms with Gasteiger partial charge in [0.15, 0.2) is 6.29 Å². The van der Waals surface area contributed by atoms with Gasteiger partial charge >= 0.3 is 0 Å². The molecule has 1 fully saturated rings. The summed E-state index contributed by atoms with van der Waals surface area (Å²) in [5.74, 6) is -0.532. The molecule has 4 unspecified atom stereocenters. The summed E-state index contributed by atoms with van der Waals surface area (Å²) in [5.41, 5.74) is 6.40. The van der Waals surface area contributed by atoms with Crippen LogP contribution in [0.4, 0.5) is 0 Å². The van der Waals surface area contributed by atoms with E-state index in [-0.39, 0.29) is 43.1 Å². The number of imidazole rings is 1. The minimum atomic E-state index is -0.633. The number of ether oxygens (including phenoxy) is 2. The van der Waals surface area contributed by atoms with E-state index < -0.39 is 6.29 Å². The van der Waals surface area contributed by atoms with Crippen LogP contribution in [0.3, 0.4) is 0 Å². The lowest BCUT2D eigenvalue weighted by molar-refractivity contribution is -0.276. The first-order valence-electron chi connectivity index (χ1n) is 14.4. The lowest BCUT2D eigenvalue weighted by Crippen LogP contribution is -2.39. The SMILES string of the molecule is CC1C(Cn2cnc3ccccc32)OC(c2ccc(CN3C(=O)c4ccccc4C3=O)cc2)OC1c1ccc(CO)cc1. The number of carbonyl (C=O) groups is 2. The van der Waals surface area contributed by atoms with E-state index in [1.807, 2.05) is 73.1 Å². The molecule has 0 radical (unpaired) electrons. The number of benzene rings is 4. The third-order valence-electron chi connectivity index (χ3n) is 8.50. The summed E-state index contributed by atoms with van der Waals surface area (Å²) in [6.45, 7) is 2.91. The van der Waals surface area contributed by atoms with Gasteiger partial charge in [-0.05, 0) is 41.0 Å². The Kier molecular flexibility index (Phi) is 7.10. The van der Waals surface area contributed by atoms with Crippen LogP contribution in [-0.2, 0) is 29.2 Å². The summed E-state index contributed by atoms with van der Waals surface area (Å²) in [4.78, 5) is 31.6. The highest BCUT2D eigenvalue weighted by molar-refractivity contribution is 6.21. The Morgan fingerprint density at radius 2 is 1.40 bits per heavy atom. The number of hydrogen-bond donors (Lipinski definition) is 1. The zero-order valence-electron chi connectivity index (χ0n) is 23.7. The van der Waals surface area contributed by atoms with Crippen molar-refractivity contribution in [3.8, 4) is 0 Å². The molecule has 1 saturated heterocycles. The summed E-state index contributed by atoms with van der Waals surface area (Å²) in [6, 6.07) is 30.5. The van der Waals surface area contributed by atoms with E-state index in [2.05, 4.69) is 22.5 Å². The van der Waals surface area contributed by atoms with Crippen LogP contribution in [0, 0.1) is 5.92 Å². The number of aliphatic hydroxyl groups excluding tert-OH is 1. The van der Waals surface area contributed by atoms with Gasteiger partial charge in [-0.15, -0.1) is 0 Å². The third-order valence-corrected chi connectivity index (χ3v) is 8.50. The molecule has 5 aromatic rings. The molecule has 8 heteroatoms. The zero-order chi connectivity index (χ0) is 29.5. The van der Waals surface area contributed by atoms with E-state index in [9.17, 15) is 14.7 Å². The van der Waals surface area contributed by atoms with E-state index in [1.54, 1.807) is 24.3 Å². The fraction of sp³-hybridized carbons (Fsp3) is 0.229. The topological polar surface area (TPSA) is 93.9 Å². The Balaban J connectivity index is 1.14. The van der Waals surface area contributed by atoms with Crippen LogP contribution in [0.25, 0.3) is 11.0 Å². The molecule has 216 valence electrons. The minimum absolute atomic E-state index is 0.0174. The first kappa shape index (κ1) is 27.2. The molecule has 2 aliphatic rings. The van der Waals surface area contributed by atoms with E-state index in [0.29, 0.717) is 17.7 Å². The van der Waals surface area contributed by atoms with Crippen molar-refractivity contribution >= 4 is 22.8 Å². The lowest BCUT2D eigenvalue weighted by atomic mass is 9.90. The van der Waals surface area contributed by atoms with Crippen LogP contribution in [-0.4, -0.2) is 37.5 Å². The van der Waals surface area contributed by atoms with Crippen molar-refractivity contribution in [1.82, 2.24) is 14.5 Å². The van der Waals surface area contributed by atoms with Gasteiger partial charge < -0.3 is 19.1 Å². The number of hydrogen-bond acceptors (Lipinski definition) is 6. The molecule has 2 amide bonds. The summed E-state index contributed by atoms with van der Waals surface area (Å²) in [6.07, 6.45) is 0.789. The molecule has 0 bridgehead atoms. The normalized spacial score (nSPS) is 21.9. The number of nitrogens with zero attached hydrogens (tertiary/aromatic N) is 3. The van der Waals surface area contributed by atoms with Crippen LogP contribution < -0.4 is 0 Å². The first-order valence-corrected chi connectivity index (χ1v) is 14.4. The Hall–Kier alpha value is -4.63. The van der Waals surface area contributed by atoms with E-state index in [0.717, 1.165) is 33.3 Å². The molecule has 0 spiro atoms. The number of rotatable bonds is 7. The number of carbonyl (C=O) groups excluding carboxylic acids is 2. The van der Waals surface area contributed by atoms with Gasteiger partial charge in [0.1, 0.15) is 0 Å². The molecule has 0 aliphatic carbocycles. The van der Waals surface area contributed by atoms with Gasteiger partial charge in [-0.1, -0.05) is 79.7 Å². The van der Waals surface area contributed by atoms with Gasteiger partial charge in [-0.2, -0.15) is 0 Å². The highest BCUT2D eigenvalue weighted by Crippen LogP contribution is 2.42. The van der Waals surface area contributed by atoms with E-state index >= 15 is 0 Å². The van der Waals surface area contributed by atoms with Crippen molar-refractivity contribution in [3.05, 3.63) is 137 Å². The smallest absolute Gasteiger partial charge is 0.261 e. The first-order chi connectivity index (χ1) is 21.0. The predicted molar refractivity (Wildman–Crippen MR) is 160 cm³/mol. The van der Waals surface area contributed by atoms with E-state index in [1.165, 1.54) is 4.90 Å². The second-order valence-electron chi connectivity index (χ2n) is 11.2. The highest BCUT2D eigenvalue weighted by atomic mass is 16.7. The molecule has 7 rings (SSSR count). The van der Waals surface area contributed by atoms with Gasteiger partial charge in [0, 0.05) is 11.5 Å². The van der Waals surface area contributed by atoms with Crippen molar-refractivity contribution in [2.24, 2.45) is 5.92 Å². The maximum Gasteiger partial charge on any atom is 0.261 e. The van der Waals surface area contributed by atoms with Crippen LogP contribution in [0.15, 0.2) is 103 Å². The number of imide groups is 1. The van der Waals surface area contributed by atoms with Crippen LogP contribution in [0.1, 0.15) is 62.3 Å². The van der Waals surface area contributed by atoms with Gasteiger partial charge in [-0.25, -0.2) is 4.98 Å². The number of aliphatic hydroxyl groups is 1. The fourth-order valence-electron chi connectivity index (χ4n) is 6.02. The Morgan fingerprint density at radius 1 is 0.767 bits per heavy atom. The average Bonchev–Trinajstić information content (AvgIpc) is 3.56. The average molecular weight is 574 g/mol. The Labute approximate surface area is 249 Å². The Bertz CT molecular complexity index is 1760. The summed E-state index contributed by atoms with van der Waals surface area (Å²) >= 11 is 0. The van der Waals surface area contributed by atoms with Crippen LogP contribution in [0.2, 0.25) is 0 Å². The standard InChI is InChI=1S/C35H31N3O5/c1-22-31(19-37-21-36-29-8-4-5-9-30(29)37)42-35(43-32(22)25-14-12-24(20-39)13-15-25)26-16-10-23(11-17-26)18-38-33(40)27-6-2-3-7-28(27)34(38)41/h2-17,21-22,31-32,35,39H,18-20H2,1H3. The number of amides is 2. The van der Waals surface area contributed by atoms with E-state index in [4.69, 9.17) is 9.47 Å². The van der Waals surface area contributed by atoms with Gasteiger partial charge in [0.25, 0.3) is 11.8 Å². The molecule has 8 nitrogen and oxygen atoms in total. The quantitative estimate of drug-likeness (QED) is 0.247. The number of para-hydroxylation sites is 2. The second-order valence-corrected chi connectivity index (χ2v) is 11.2. The van der Waals surface area contributed by atoms with Crippen LogP contribution >= 0.6 is 0 Å². The second kappa shape index (κ2) is 11.2. The Morgan fingerprint density at radius 3 is 2.09 bits per heavy atom. The molecule has 2 aliphatic heterocycles. The molecule has 43 heavy (non-hydrogen) atoms. The summed E-state index contributed by atoms with van der Waals surface area (Å²) in [5, 5.41) is 9.54. The van der Waals surface area contributed by atoms with Crippen molar-refractivity contribution < 1.29 is 24.2 Å². The predicted octanol–water partition coefficient (Wildman–Crippen LogP) is 5.82. The lowest BCUT2D eigenvalue weighted by Gasteiger charge is -2.41. The maximum atomic E-state index is 12.9. The highest BCUT2D eigenvalue weighted by Gasteiger charge is 2.39. The van der Waals surface area contributed by atoms with Gasteiger partial charge in [-0.3, -0.25) is 14.5 Å². The minimum Gasteiger partial charge on any atom is -0.392 e. The molecular formula is C35H31N3O5. The molecular weight excluding hydrogens is 542 g/mol. The number of fused-ring (bicyclic) bond motifs is 2. The summed E-state index contributed by atoms with van der Waals surface area (Å²) < 4.78 is 15.3. The maximum absolute atomic E-state index is 12.9. The molecule has 0 saturated carbocycles. The van der Waals surface area contributed by atoms with Crippen molar-refractivity contribution in [2.45, 2.75) is 45.1 Å². The summed E-state index contributed by atoms with van der Waals surface area (Å²) in [7, 11) is 0. The molecule has 4 atom stereocenters. The van der Waals surface area contributed by atoms with Gasteiger partial charge in [0.2, 0.25) is 0 Å². The monoisotopic (exact) mass is 573 g/mol. The third kappa shape index (κ3) is 5.03. The van der Waals surface area contributed by atoms with Gasteiger partial charge in [0.05, 0.1) is 60.4 Å². The fourth-order valence-corrected chi connectivity index (χ4v) is 6.02. The molecule has 1 aromatic heterocycles. The molecule has 4 aromatic carbocycles. The van der Waals surface area contributed by atoms with Crippen molar-refractivity contribution in [3.63, 3.8) is 0 Å². The molecule has 3 heterocycles.